The molecule has 0 fully saturated rings. The number of thiophene rings is 1. The Kier molecular flexibility index (Phi) is 5.26. The standard InChI is InChI=1S/C16H15F2N3O2S2/c17-14-2-3-15(18)13(8-14)11-25(22,23)20-9-16(12-4-7-24-10-12)21-6-1-5-19-21/h1-8,10,16,20H,9,11H2. The fourth-order valence-corrected chi connectivity index (χ4v) is 4.26. The molecule has 2 heterocycles. The van der Waals surface area contributed by atoms with Gasteiger partial charge < -0.3 is 0 Å². The molecule has 0 aliphatic rings. The van der Waals surface area contributed by atoms with Gasteiger partial charge in [-0.1, -0.05) is 0 Å². The molecule has 25 heavy (non-hydrogen) atoms. The van der Waals surface area contributed by atoms with Gasteiger partial charge in [0.1, 0.15) is 11.6 Å². The molecular weight excluding hydrogens is 368 g/mol. The number of sulfonamides is 1. The highest BCUT2D eigenvalue weighted by atomic mass is 32.2. The first-order valence-electron chi connectivity index (χ1n) is 7.37. The lowest BCUT2D eigenvalue weighted by Gasteiger charge is -2.17. The summed E-state index contributed by atoms with van der Waals surface area (Å²) in [4.78, 5) is 0. The van der Waals surface area contributed by atoms with Gasteiger partial charge in [-0.15, -0.1) is 0 Å². The van der Waals surface area contributed by atoms with E-state index >= 15 is 0 Å². The Morgan fingerprint density at radius 2 is 2.12 bits per heavy atom. The van der Waals surface area contributed by atoms with E-state index in [1.165, 1.54) is 11.3 Å². The van der Waals surface area contributed by atoms with E-state index in [4.69, 9.17) is 0 Å². The predicted octanol–water partition coefficient (Wildman–Crippen LogP) is 2.93. The van der Waals surface area contributed by atoms with Crippen LogP contribution in [0.3, 0.4) is 0 Å². The number of benzene rings is 1. The fraction of sp³-hybridized carbons (Fsp3) is 0.188. The average molecular weight is 383 g/mol. The Bertz CT molecular complexity index is 892. The van der Waals surface area contributed by atoms with Gasteiger partial charge in [-0.3, -0.25) is 4.68 Å². The zero-order valence-electron chi connectivity index (χ0n) is 13.0. The quantitative estimate of drug-likeness (QED) is 0.682. The smallest absolute Gasteiger partial charge is 0.215 e. The monoisotopic (exact) mass is 383 g/mol. The molecule has 0 bridgehead atoms. The summed E-state index contributed by atoms with van der Waals surface area (Å²) in [5, 5.41) is 7.96. The van der Waals surface area contributed by atoms with E-state index in [1.807, 2.05) is 16.8 Å². The van der Waals surface area contributed by atoms with E-state index in [0.717, 1.165) is 23.8 Å². The van der Waals surface area contributed by atoms with E-state index in [1.54, 1.807) is 23.1 Å². The number of nitrogens with zero attached hydrogens (tertiary/aromatic N) is 2. The maximum absolute atomic E-state index is 13.7. The minimum Gasteiger partial charge on any atom is -0.264 e. The van der Waals surface area contributed by atoms with E-state index in [9.17, 15) is 17.2 Å². The molecular formula is C16H15F2N3O2S2. The molecule has 0 radical (unpaired) electrons. The molecule has 1 aromatic carbocycles. The molecule has 1 unspecified atom stereocenters. The molecule has 0 aliphatic carbocycles. The van der Waals surface area contributed by atoms with Crippen LogP contribution >= 0.6 is 11.3 Å². The van der Waals surface area contributed by atoms with Crippen molar-refractivity contribution in [3.8, 4) is 0 Å². The van der Waals surface area contributed by atoms with Crippen molar-refractivity contribution in [2.24, 2.45) is 0 Å². The second-order valence-electron chi connectivity index (χ2n) is 5.40. The summed E-state index contributed by atoms with van der Waals surface area (Å²) in [5.74, 6) is -2.07. The molecule has 0 amide bonds. The Morgan fingerprint density at radius 1 is 1.28 bits per heavy atom. The lowest BCUT2D eigenvalue weighted by atomic mass is 10.1. The molecule has 2 aromatic heterocycles. The Labute approximate surface area is 148 Å². The number of halogens is 2. The number of hydrogen-bond donors (Lipinski definition) is 1. The van der Waals surface area contributed by atoms with Gasteiger partial charge in [-0.25, -0.2) is 21.9 Å². The summed E-state index contributed by atoms with van der Waals surface area (Å²) in [5.41, 5.74) is 0.701. The van der Waals surface area contributed by atoms with Crippen LogP contribution in [0.2, 0.25) is 0 Å². The molecule has 1 N–H and O–H groups in total. The molecule has 5 nitrogen and oxygen atoms in total. The summed E-state index contributed by atoms with van der Waals surface area (Å²) in [7, 11) is -3.85. The zero-order valence-corrected chi connectivity index (χ0v) is 14.6. The highest BCUT2D eigenvalue weighted by molar-refractivity contribution is 7.88. The highest BCUT2D eigenvalue weighted by Crippen LogP contribution is 2.20. The summed E-state index contributed by atoms with van der Waals surface area (Å²) in [6.07, 6.45) is 3.35. The highest BCUT2D eigenvalue weighted by Gasteiger charge is 2.20. The molecule has 3 aromatic rings. The van der Waals surface area contributed by atoms with E-state index in [0.29, 0.717) is 0 Å². The van der Waals surface area contributed by atoms with Gasteiger partial charge in [-0.05, 0) is 46.7 Å². The number of hydrogen-bond acceptors (Lipinski definition) is 4. The number of rotatable bonds is 7. The Morgan fingerprint density at radius 3 is 2.80 bits per heavy atom. The molecule has 0 saturated heterocycles. The summed E-state index contributed by atoms with van der Waals surface area (Å²) >= 11 is 1.50. The van der Waals surface area contributed by atoms with Crippen LogP contribution in [-0.2, 0) is 15.8 Å². The van der Waals surface area contributed by atoms with Crippen LogP contribution in [0.4, 0.5) is 8.78 Å². The molecule has 132 valence electrons. The average Bonchev–Trinajstić information content (AvgIpc) is 3.25. The van der Waals surface area contributed by atoms with Crippen molar-refractivity contribution in [1.29, 1.82) is 0 Å². The van der Waals surface area contributed by atoms with Crippen LogP contribution < -0.4 is 4.72 Å². The van der Waals surface area contributed by atoms with Crippen molar-refractivity contribution in [3.63, 3.8) is 0 Å². The van der Waals surface area contributed by atoms with Crippen molar-refractivity contribution in [2.75, 3.05) is 6.54 Å². The first-order chi connectivity index (χ1) is 11.9. The van der Waals surface area contributed by atoms with Crippen LogP contribution in [0.1, 0.15) is 17.2 Å². The van der Waals surface area contributed by atoms with Crippen LogP contribution in [0, 0.1) is 11.6 Å². The summed E-state index contributed by atoms with van der Waals surface area (Å²) in [6.45, 7) is 0.0533. The van der Waals surface area contributed by atoms with Gasteiger partial charge in [-0.2, -0.15) is 16.4 Å². The SMILES string of the molecule is O=S(=O)(Cc1cc(F)ccc1F)NCC(c1ccsc1)n1cccn1. The Hall–Kier alpha value is -2.10. The van der Waals surface area contributed by atoms with Gasteiger partial charge in [0.25, 0.3) is 0 Å². The van der Waals surface area contributed by atoms with E-state index < -0.39 is 27.4 Å². The third-order valence-corrected chi connectivity index (χ3v) is 5.62. The van der Waals surface area contributed by atoms with E-state index in [-0.39, 0.29) is 18.2 Å². The second kappa shape index (κ2) is 7.42. The first-order valence-corrected chi connectivity index (χ1v) is 9.96. The van der Waals surface area contributed by atoms with Gasteiger partial charge in [0, 0.05) is 24.5 Å². The molecule has 3 rings (SSSR count). The minimum atomic E-state index is -3.85. The molecule has 1 atom stereocenters. The maximum atomic E-state index is 13.7. The minimum absolute atomic E-state index is 0.0533. The summed E-state index contributed by atoms with van der Waals surface area (Å²) in [6, 6.07) is 6.06. The summed E-state index contributed by atoms with van der Waals surface area (Å²) < 4.78 is 55.6. The van der Waals surface area contributed by atoms with Crippen LogP contribution in [0.5, 0.6) is 0 Å². The van der Waals surface area contributed by atoms with Crippen molar-refractivity contribution < 1.29 is 17.2 Å². The second-order valence-corrected chi connectivity index (χ2v) is 7.99. The van der Waals surface area contributed by atoms with Gasteiger partial charge in [0.05, 0.1) is 11.8 Å². The zero-order chi connectivity index (χ0) is 17.9. The van der Waals surface area contributed by atoms with Gasteiger partial charge in [0.2, 0.25) is 10.0 Å². The predicted molar refractivity (Wildman–Crippen MR) is 91.7 cm³/mol. The van der Waals surface area contributed by atoms with Crippen molar-refractivity contribution >= 4 is 21.4 Å². The first kappa shape index (κ1) is 17.7. The van der Waals surface area contributed by atoms with Crippen molar-refractivity contribution in [3.05, 3.63) is 76.2 Å². The lowest BCUT2D eigenvalue weighted by molar-refractivity contribution is 0.505. The Balaban J connectivity index is 1.75. The number of nitrogens with one attached hydrogen (secondary N) is 1. The lowest BCUT2D eigenvalue weighted by Crippen LogP contribution is -2.32. The molecule has 0 spiro atoms. The normalized spacial score (nSPS) is 13.0. The third-order valence-electron chi connectivity index (χ3n) is 3.62. The number of aromatic nitrogens is 2. The van der Waals surface area contributed by atoms with Gasteiger partial charge >= 0.3 is 0 Å². The van der Waals surface area contributed by atoms with Crippen LogP contribution in [-0.4, -0.2) is 24.7 Å². The third kappa shape index (κ3) is 4.50. The largest absolute Gasteiger partial charge is 0.264 e. The van der Waals surface area contributed by atoms with Gasteiger partial charge in [0.15, 0.2) is 0 Å². The molecule has 0 saturated carbocycles. The topological polar surface area (TPSA) is 64.0 Å². The van der Waals surface area contributed by atoms with Crippen molar-refractivity contribution in [2.45, 2.75) is 11.8 Å². The fourth-order valence-electron chi connectivity index (χ4n) is 2.41. The maximum Gasteiger partial charge on any atom is 0.215 e. The molecule has 0 aliphatic heterocycles. The van der Waals surface area contributed by atoms with Crippen LogP contribution in [0.15, 0.2) is 53.5 Å². The van der Waals surface area contributed by atoms with Crippen molar-refractivity contribution in [1.82, 2.24) is 14.5 Å². The van der Waals surface area contributed by atoms with E-state index in [2.05, 4.69) is 9.82 Å². The van der Waals surface area contributed by atoms with Crippen LogP contribution in [0.25, 0.3) is 0 Å². The molecule has 9 heteroatoms.